The molecule has 0 unspecified atom stereocenters. The summed E-state index contributed by atoms with van der Waals surface area (Å²) >= 11 is 0. The van der Waals surface area contributed by atoms with Crippen LogP contribution in [0.2, 0.25) is 0 Å². The predicted octanol–water partition coefficient (Wildman–Crippen LogP) is 0.560. The largest absolute Gasteiger partial charge is 0.451 e. The van der Waals surface area contributed by atoms with E-state index in [0.717, 1.165) is 12.1 Å². The molecule has 2 atom stereocenters. The van der Waals surface area contributed by atoms with E-state index in [1.54, 1.807) is 6.92 Å². The van der Waals surface area contributed by atoms with Gasteiger partial charge in [-0.1, -0.05) is 12.1 Å². The van der Waals surface area contributed by atoms with Crippen LogP contribution in [-0.2, 0) is 24.3 Å². The van der Waals surface area contributed by atoms with Crippen molar-refractivity contribution in [2.75, 3.05) is 6.54 Å². The van der Waals surface area contributed by atoms with Gasteiger partial charge in [-0.2, -0.15) is 4.72 Å². The number of halogens is 1. The molecule has 0 aliphatic heterocycles. The molecule has 9 heteroatoms. The second-order valence-corrected chi connectivity index (χ2v) is 6.43. The van der Waals surface area contributed by atoms with E-state index < -0.39 is 44.8 Å². The van der Waals surface area contributed by atoms with Gasteiger partial charge in [0.1, 0.15) is 16.8 Å². The number of esters is 1. The maximum absolute atomic E-state index is 13.5. The van der Waals surface area contributed by atoms with E-state index in [0.29, 0.717) is 6.54 Å². The number of hydrogen-bond donors (Lipinski definition) is 2. The van der Waals surface area contributed by atoms with Gasteiger partial charge in [0, 0.05) is 6.54 Å². The third kappa shape index (κ3) is 5.29. The number of benzene rings is 1. The van der Waals surface area contributed by atoms with Crippen LogP contribution in [0.15, 0.2) is 29.2 Å². The maximum atomic E-state index is 13.5. The highest BCUT2D eigenvalue weighted by Gasteiger charge is 2.27. The first-order valence-corrected chi connectivity index (χ1v) is 8.42. The SMILES string of the molecule is CCNC(=O)[C@H](C)OC(=O)[C@H](C)NS(=O)(=O)c1ccccc1F. The number of hydrogen-bond acceptors (Lipinski definition) is 5. The fourth-order valence-electron chi connectivity index (χ4n) is 1.65. The lowest BCUT2D eigenvalue weighted by molar-refractivity contribution is -0.156. The van der Waals surface area contributed by atoms with Gasteiger partial charge < -0.3 is 10.1 Å². The van der Waals surface area contributed by atoms with E-state index in [2.05, 4.69) is 5.32 Å². The minimum absolute atomic E-state index is 0.371. The fraction of sp³-hybridized carbons (Fsp3) is 0.429. The summed E-state index contributed by atoms with van der Waals surface area (Å²) in [7, 11) is -4.23. The molecule has 0 saturated heterocycles. The average molecular weight is 346 g/mol. The minimum atomic E-state index is -4.23. The predicted molar refractivity (Wildman–Crippen MR) is 80.4 cm³/mol. The molecule has 2 N–H and O–H groups in total. The molecule has 0 bridgehead atoms. The number of likely N-dealkylation sites (N-methyl/N-ethyl adjacent to an activating group) is 1. The second kappa shape index (κ2) is 8.02. The number of nitrogens with one attached hydrogen (secondary N) is 2. The zero-order valence-corrected chi connectivity index (χ0v) is 13.8. The zero-order valence-electron chi connectivity index (χ0n) is 13.0. The Morgan fingerprint density at radius 2 is 1.87 bits per heavy atom. The summed E-state index contributed by atoms with van der Waals surface area (Å²) in [5.41, 5.74) is 0. The number of carbonyl (C=O) groups excluding carboxylic acids is 2. The molecule has 0 aliphatic rings. The average Bonchev–Trinajstić information content (AvgIpc) is 2.47. The molecule has 7 nitrogen and oxygen atoms in total. The fourth-order valence-corrected chi connectivity index (χ4v) is 2.93. The monoisotopic (exact) mass is 346 g/mol. The Kier molecular flexibility index (Phi) is 6.64. The van der Waals surface area contributed by atoms with Crippen molar-refractivity contribution in [1.82, 2.24) is 10.0 Å². The number of amides is 1. The standard InChI is InChI=1S/C14H19FN2O5S/c1-4-16-13(18)10(3)22-14(19)9(2)17-23(20,21)12-8-6-5-7-11(12)15/h5-10,17H,4H2,1-3H3,(H,16,18)/t9-,10-/m0/s1. The Morgan fingerprint density at radius 3 is 2.43 bits per heavy atom. The van der Waals surface area contributed by atoms with Crippen LogP contribution < -0.4 is 10.0 Å². The van der Waals surface area contributed by atoms with Gasteiger partial charge in [0.2, 0.25) is 10.0 Å². The quantitative estimate of drug-likeness (QED) is 0.703. The van der Waals surface area contributed by atoms with E-state index in [9.17, 15) is 22.4 Å². The summed E-state index contributed by atoms with van der Waals surface area (Å²) in [5.74, 6) is -2.37. The lowest BCUT2D eigenvalue weighted by Gasteiger charge is -2.17. The Labute approximate surface area is 134 Å². The van der Waals surface area contributed by atoms with Gasteiger partial charge in [-0.25, -0.2) is 12.8 Å². The molecule has 1 aromatic rings. The van der Waals surface area contributed by atoms with Crippen molar-refractivity contribution >= 4 is 21.9 Å². The number of rotatable bonds is 7. The highest BCUT2D eigenvalue weighted by molar-refractivity contribution is 7.89. The van der Waals surface area contributed by atoms with Crippen molar-refractivity contribution in [2.24, 2.45) is 0 Å². The van der Waals surface area contributed by atoms with Gasteiger partial charge in [-0.3, -0.25) is 9.59 Å². The first-order valence-electron chi connectivity index (χ1n) is 6.94. The van der Waals surface area contributed by atoms with Gasteiger partial charge in [-0.05, 0) is 32.9 Å². The van der Waals surface area contributed by atoms with Crippen LogP contribution >= 0.6 is 0 Å². The van der Waals surface area contributed by atoms with E-state index in [1.165, 1.54) is 26.0 Å². The maximum Gasteiger partial charge on any atom is 0.324 e. The van der Waals surface area contributed by atoms with Crippen LogP contribution in [0.5, 0.6) is 0 Å². The minimum Gasteiger partial charge on any atom is -0.451 e. The summed E-state index contributed by atoms with van der Waals surface area (Å²) in [6.07, 6.45) is -1.07. The first kappa shape index (κ1) is 19.0. The Balaban J connectivity index is 2.75. The van der Waals surface area contributed by atoms with E-state index in [-0.39, 0.29) is 0 Å². The Bertz CT molecular complexity index is 678. The Morgan fingerprint density at radius 1 is 1.26 bits per heavy atom. The summed E-state index contributed by atoms with van der Waals surface area (Å²) in [6.45, 7) is 4.68. The molecule has 23 heavy (non-hydrogen) atoms. The molecule has 0 radical (unpaired) electrons. The number of sulfonamides is 1. The molecular formula is C14H19FN2O5S. The molecule has 0 heterocycles. The van der Waals surface area contributed by atoms with Crippen LogP contribution in [0.1, 0.15) is 20.8 Å². The molecule has 0 spiro atoms. The van der Waals surface area contributed by atoms with Crippen LogP contribution in [0.4, 0.5) is 4.39 Å². The second-order valence-electron chi connectivity index (χ2n) is 4.75. The molecule has 0 fully saturated rings. The first-order chi connectivity index (χ1) is 10.7. The molecule has 128 valence electrons. The van der Waals surface area contributed by atoms with Gasteiger partial charge >= 0.3 is 5.97 Å². The van der Waals surface area contributed by atoms with Crippen molar-refractivity contribution in [3.63, 3.8) is 0 Å². The topological polar surface area (TPSA) is 102 Å². The van der Waals surface area contributed by atoms with Gasteiger partial charge in [-0.15, -0.1) is 0 Å². The van der Waals surface area contributed by atoms with Crippen molar-refractivity contribution < 1.29 is 27.1 Å². The molecule has 0 saturated carbocycles. The van der Waals surface area contributed by atoms with Gasteiger partial charge in [0.05, 0.1) is 0 Å². The number of carbonyl (C=O) groups is 2. The summed E-state index contributed by atoms with van der Waals surface area (Å²) in [6, 6.07) is 3.50. The smallest absolute Gasteiger partial charge is 0.324 e. The molecule has 0 aromatic heterocycles. The third-order valence-electron chi connectivity index (χ3n) is 2.82. The molecular weight excluding hydrogens is 327 g/mol. The van der Waals surface area contributed by atoms with Crippen molar-refractivity contribution in [1.29, 1.82) is 0 Å². The Hall–Kier alpha value is -2.00. The van der Waals surface area contributed by atoms with Crippen LogP contribution in [0, 0.1) is 5.82 Å². The van der Waals surface area contributed by atoms with Gasteiger partial charge in [0.15, 0.2) is 6.10 Å². The van der Waals surface area contributed by atoms with Crippen LogP contribution in [0.3, 0.4) is 0 Å². The zero-order chi connectivity index (χ0) is 17.6. The lowest BCUT2D eigenvalue weighted by atomic mass is 10.3. The van der Waals surface area contributed by atoms with E-state index >= 15 is 0 Å². The molecule has 0 aliphatic carbocycles. The van der Waals surface area contributed by atoms with Crippen LogP contribution in [-0.4, -0.2) is 39.0 Å². The molecule has 1 aromatic carbocycles. The van der Waals surface area contributed by atoms with Crippen LogP contribution in [0.25, 0.3) is 0 Å². The summed E-state index contributed by atoms with van der Waals surface area (Å²) in [4.78, 5) is 22.7. The van der Waals surface area contributed by atoms with Crippen molar-refractivity contribution in [3.8, 4) is 0 Å². The third-order valence-corrected chi connectivity index (χ3v) is 4.40. The summed E-state index contributed by atoms with van der Waals surface area (Å²) < 4.78 is 44.5. The van der Waals surface area contributed by atoms with Crippen molar-refractivity contribution in [2.45, 2.75) is 37.8 Å². The van der Waals surface area contributed by atoms with Crippen molar-refractivity contribution in [3.05, 3.63) is 30.1 Å². The normalized spacial score (nSPS) is 13.9. The van der Waals surface area contributed by atoms with E-state index in [1.807, 2.05) is 4.72 Å². The highest BCUT2D eigenvalue weighted by Crippen LogP contribution is 2.13. The molecule has 1 rings (SSSR count). The van der Waals surface area contributed by atoms with Gasteiger partial charge in [0.25, 0.3) is 5.91 Å². The van der Waals surface area contributed by atoms with E-state index in [4.69, 9.17) is 4.74 Å². The molecule has 1 amide bonds. The highest BCUT2D eigenvalue weighted by atomic mass is 32.2. The summed E-state index contributed by atoms with van der Waals surface area (Å²) in [5, 5.41) is 2.47. The number of ether oxygens (including phenoxy) is 1. The lowest BCUT2D eigenvalue weighted by Crippen LogP contribution is -2.43.